The van der Waals surface area contributed by atoms with Crippen LogP contribution in [-0.2, 0) is 14.3 Å². The summed E-state index contributed by atoms with van der Waals surface area (Å²) >= 11 is 0. The molecule has 38 heavy (non-hydrogen) atoms. The fourth-order valence-electron chi connectivity index (χ4n) is 1.70. The number of ether oxygens (including phenoxy) is 1. The number of carboxylic acid groups (broad SMARTS) is 3. The minimum atomic E-state index is -1.16. The second-order valence-corrected chi connectivity index (χ2v) is 6.27. The van der Waals surface area contributed by atoms with E-state index in [-0.39, 0.29) is 112 Å². The van der Waals surface area contributed by atoms with Crippen LogP contribution >= 0.6 is 0 Å². The van der Waals surface area contributed by atoms with Crippen LogP contribution < -0.4 is 104 Å². The second kappa shape index (κ2) is 31.8. The van der Waals surface area contributed by atoms with Crippen LogP contribution in [0.1, 0.15) is 54.3 Å². The van der Waals surface area contributed by atoms with Gasteiger partial charge in [0, 0.05) is 5.97 Å². The molecule has 0 saturated carbocycles. The largest absolute Gasteiger partial charge is 1.00 e. The summed E-state index contributed by atoms with van der Waals surface area (Å²) in [7, 11) is 0. The zero-order chi connectivity index (χ0) is 27.1. The van der Waals surface area contributed by atoms with Crippen LogP contribution in [0.2, 0.25) is 0 Å². The van der Waals surface area contributed by atoms with Crippen molar-refractivity contribution >= 4 is 23.9 Å². The Morgan fingerprint density at radius 3 is 1.66 bits per heavy atom. The van der Waals surface area contributed by atoms with Gasteiger partial charge in [-0.05, 0) is 55.7 Å². The molecule has 12 heteroatoms. The zero-order valence-electron chi connectivity index (χ0n) is 22.8. The molecule has 0 bridgehead atoms. The van der Waals surface area contributed by atoms with E-state index in [4.69, 9.17) is 9.84 Å². The van der Waals surface area contributed by atoms with Gasteiger partial charge in [0.2, 0.25) is 0 Å². The smallest absolute Gasteiger partial charge is 0.550 e. The molecule has 0 spiro atoms. The van der Waals surface area contributed by atoms with Crippen LogP contribution in [0, 0.1) is 0 Å². The number of benzene rings is 2. The minimum Gasteiger partial charge on any atom is -0.550 e. The number of esters is 1. The van der Waals surface area contributed by atoms with Gasteiger partial charge in [-0.2, -0.15) is 0 Å². The molecule has 0 aromatic heterocycles. The molecule has 2 aromatic rings. The molecule has 0 saturated heterocycles. The van der Waals surface area contributed by atoms with Crippen molar-refractivity contribution in [2.75, 3.05) is 6.61 Å². The Morgan fingerprint density at radius 1 is 0.816 bits per heavy atom. The molecular formula is C26H29Na3O9. The van der Waals surface area contributed by atoms with Crippen molar-refractivity contribution in [1.29, 1.82) is 0 Å². The summed E-state index contributed by atoms with van der Waals surface area (Å²) in [5.74, 6) is -3.49. The number of carbonyl (C=O) groups is 4. The molecule has 0 aliphatic carbocycles. The monoisotopic (exact) mass is 554 g/mol. The number of hydrogen-bond donors (Lipinski definition) is 1. The van der Waals surface area contributed by atoms with Gasteiger partial charge >= 0.3 is 94.6 Å². The third-order valence-corrected chi connectivity index (χ3v) is 3.37. The summed E-state index contributed by atoms with van der Waals surface area (Å²) < 4.78 is 4.90. The van der Waals surface area contributed by atoms with E-state index >= 15 is 0 Å². The van der Waals surface area contributed by atoms with Gasteiger partial charge in [-0.1, -0.05) is 62.4 Å². The van der Waals surface area contributed by atoms with Crippen LogP contribution in [0.15, 0.2) is 78.9 Å². The first-order chi connectivity index (χ1) is 16.6. The van der Waals surface area contributed by atoms with E-state index in [2.05, 4.69) is 0 Å². The Kier molecular flexibility index (Phi) is 38.9. The molecule has 2 aromatic carbocycles. The molecule has 0 unspecified atom stereocenters. The summed E-state index contributed by atoms with van der Waals surface area (Å²) in [5.41, 5.74) is 0.684. The molecule has 9 nitrogen and oxygen atoms in total. The van der Waals surface area contributed by atoms with Crippen molar-refractivity contribution in [2.45, 2.75) is 33.6 Å². The van der Waals surface area contributed by atoms with Crippen molar-refractivity contribution in [2.24, 2.45) is 0 Å². The number of allylic oxidation sites excluding steroid dienone is 3. The molecule has 0 atom stereocenters. The van der Waals surface area contributed by atoms with Gasteiger partial charge in [0.1, 0.15) is 5.75 Å². The Bertz CT molecular complexity index is 946. The Hall–Kier alpha value is -1.40. The molecule has 0 fully saturated rings. The zero-order valence-corrected chi connectivity index (χ0v) is 28.8. The van der Waals surface area contributed by atoms with Crippen LogP contribution in [0.25, 0.3) is 0 Å². The number of carboxylic acids is 3. The predicted molar refractivity (Wildman–Crippen MR) is 124 cm³/mol. The molecular weight excluding hydrogens is 525 g/mol. The minimum absolute atomic E-state index is 0. The summed E-state index contributed by atoms with van der Waals surface area (Å²) in [4.78, 5) is 40.2. The normalized spacial score (nSPS) is 8.71. The number of carbonyl (C=O) groups excluding carboxylic acids is 4. The number of aromatic carboxylic acids is 1. The van der Waals surface area contributed by atoms with E-state index in [1.807, 2.05) is 6.92 Å². The van der Waals surface area contributed by atoms with Gasteiger partial charge < -0.3 is 39.5 Å². The van der Waals surface area contributed by atoms with Gasteiger partial charge in [-0.15, -0.1) is 0 Å². The first-order valence-electron chi connectivity index (χ1n) is 10.5. The number of aliphatic carboxylic acids is 2. The standard InChI is InChI=1S/C10H12O3.C7H6O2.C6H8O2.C3H6O2.3Na/c1-2-7-13-10(12)8-3-5-9(11)6-4-8;8-7(9)6-4-2-1-3-5-6;1-2-3-4-5-6(7)8;1-2-3(4)5;;;/h3-6,11H,2,7H2,1H3;1-5H,(H,8,9);2-5H,1H3,(H,7,8);2H2,1H3,(H,4,5);;;/q;;;;3*+1/p-3. The fraction of sp³-hybridized carbons (Fsp3) is 0.231. The number of phenols is 1. The molecule has 1 N–H and O–H groups in total. The average Bonchev–Trinajstić information content (AvgIpc) is 2.84. The van der Waals surface area contributed by atoms with Crippen molar-refractivity contribution in [3.63, 3.8) is 0 Å². The van der Waals surface area contributed by atoms with E-state index in [0.717, 1.165) is 12.5 Å². The van der Waals surface area contributed by atoms with E-state index in [1.165, 1.54) is 49.4 Å². The molecule has 0 heterocycles. The predicted octanol–water partition coefficient (Wildman–Crippen LogP) is -7.96. The molecule has 0 aliphatic rings. The second-order valence-electron chi connectivity index (χ2n) is 6.27. The number of aromatic hydroxyl groups is 1. The van der Waals surface area contributed by atoms with Crippen molar-refractivity contribution in [1.82, 2.24) is 0 Å². The maximum atomic E-state index is 11.2. The third kappa shape index (κ3) is 30.8. The van der Waals surface area contributed by atoms with Crippen LogP contribution in [0.4, 0.5) is 0 Å². The molecule has 190 valence electrons. The topological polar surface area (TPSA) is 167 Å². The van der Waals surface area contributed by atoms with Gasteiger partial charge in [-0.25, -0.2) is 4.79 Å². The van der Waals surface area contributed by atoms with Gasteiger partial charge in [0.25, 0.3) is 0 Å². The SMILES string of the molecule is CC=CC=CC(=O)[O-].CCC(=O)[O-].CCCOC(=O)c1ccc(O)cc1.O=C([O-])c1ccccc1.[Na+].[Na+].[Na+]. The summed E-state index contributed by atoms with van der Waals surface area (Å²) in [6, 6.07) is 14.1. The van der Waals surface area contributed by atoms with Crippen molar-refractivity contribution < 1.29 is 133 Å². The maximum Gasteiger partial charge on any atom is 1.00 e. The Balaban J connectivity index is -0.000000130. The maximum absolute atomic E-state index is 11.2. The summed E-state index contributed by atoms with van der Waals surface area (Å²) in [6.45, 7) is 5.71. The molecule has 0 radical (unpaired) electrons. The summed E-state index contributed by atoms with van der Waals surface area (Å²) in [5, 5.41) is 38.0. The number of phenolic OH excluding ortho intramolecular Hbond substituents is 1. The van der Waals surface area contributed by atoms with Crippen LogP contribution in [-0.4, -0.2) is 35.6 Å². The van der Waals surface area contributed by atoms with E-state index in [0.29, 0.717) is 12.2 Å². The Labute approximate surface area is 289 Å². The summed E-state index contributed by atoms with van der Waals surface area (Å²) in [6.07, 6.45) is 6.66. The van der Waals surface area contributed by atoms with Gasteiger partial charge in [0.05, 0.1) is 24.1 Å². The van der Waals surface area contributed by atoms with Crippen molar-refractivity contribution in [3.8, 4) is 5.75 Å². The fourth-order valence-corrected chi connectivity index (χ4v) is 1.70. The van der Waals surface area contributed by atoms with Gasteiger partial charge in [0.15, 0.2) is 0 Å². The number of rotatable bonds is 7. The van der Waals surface area contributed by atoms with E-state index in [9.17, 15) is 34.5 Å². The first kappa shape index (κ1) is 46.5. The number of hydrogen-bond acceptors (Lipinski definition) is 9. The average molecular weight is 554 g/mol. The third-order valence-electron chi connectivity index (χ3n) is 3.37. The first-order valence-corrected chi connectivity index (χ1v) is 10.5. The van der Waals surface area contributed by atoms with E-state index in [1.54, 1.807) is 37.3 Å². The molecule has 0 amide bonds. The van der Waals surface area contributed by atoms with Crippen LogP contribution in [0.3, 0.4) is 0 Å². The molecule has 0 aliphatic heterocycles. The van der Waals surface area contributed by atoms with Gasteiger partial charge in [-0.3, -0.25) is 0 Å². The van der Waals surface area contributed by atoms with E-state index < -0.39 is 17.9 Å². The Morgan fingerprint density at radius 2 is 1.32 bits per heavy atom. The quantitative estimate of drug-likeness (QED) is 0.151. The van der Waals surface area contributed by atoms with Crippen LogP contribution in [0.5, 0.6) is 5.75 Å². The molecule has 2 rings (SSSR count). The van der Waals surface area contributed by atoms with Crippen molar-refractivity contribution in [3.05, 3.63) is 90.0 Å².